The highest BCUT2D eigenvalue weighted by Crippen LogP contribution is 2.15. The average molecular weight is 275 g/mol. The molecule has 0 aliphatic carbocycles. The van der Waals surface area contributed by atoms with Crippen LogP contribution in [0.3, 0.4) is 0 Å². The van der Waals surface area contributed by atoms with Gasteiger partial charge in [-0.1, -0.05) is 13.0 Å². The van der Waals surface area contributed by atoms with Crippen LogP contribution in [0.15, 0.2) is 18.2 Å². The van der Waals surface area contributed by atoms with Gasteiger partial charge in [0.1, 0.15) is 0 Å². The van der Waals surface area contributed by atoms with E-state index in [9.17, 15) is 4.79 Å². The molecule has 0 bridgehead atoms. The summed E-state index contributed by atoms with van der Waals surface area (Å²) in [4.78, 5) is 16.6. The van der Waals surface area contributed by atoms with Crippen molar-refractivity contribution in [2.24, 2.45) is 0 Å². The van der Waals surface area contributed by atoms with Gasteiger partial charge in [0, 0.05) is 31.9 Å². The number of hydrogen-bond acceptors (Lipinski definition) is 2. The molecular formula is C16H25N3O. The molecule has 0 aromatic heterocycles. The number of hydrogen-bond donors (Lipinski definition) is 1. The highest BCUT2D eigenvalue weighted by Gasteiger charge is 2.20. The molecule has 0 radical (unpaired) electrons. The minimum absolute atomic E-state index is 0.0196. The molecular weight excluding hydrogens is 250 g/mol. The molecule has 1 N–H and O–H groups in total. The molecule has 1 aromatic carbocycles. The van der Waals surface area contributed by atoms with E-state index in [4.69, 9.17) is 0 Å². The lowest BCUT2D eigenvalue weighted by molar-refractivity contribution is 0.147. The first-order valence-corrected chi connectivity index (χ1v) is 7.45. The highest BCUT2D eigenvalue weighted by molar-refractivity contribution is 5.89. The number of carbonyl (C=O) groups is 1. The van der Waals surface area contributed by atoms with Gasteiger partial charge in [0.2, 0.25) is 0 Å². The van der Waals surface area contributed by atoms with Crippen LogP contribution < -0.4 is 5.32 Å². The summed E-state index contributed by atoms with van der Waals surface area (Å²) >= 11 is 0. The van der Waals surface area contributed by atoms with Crippen molar-refractivity contribution in [3.63, 3.8) is 0 Å². The second kappa shape index (κ2) is 6.75. The Kier molecular flexibility index (Phi) is 5.01. The molecule has 4 heteroatoms. The molecule has 4 nitrogen and oxygen atoms in total. The number of piperazine rings is 1. The van der Waals surface area contributed by atoms with E-state index in [0.717, 1.165) is 38.4 Å². The lowest BCUT2D eigenvalue weighted by Gasteiger charge is -2.34. The van der Waals surface area contributed by atoms with Crippen LogP contribution in [0.4, 0.5) is 10.5 Å². The number of rotatable bonds is 3. The summed E-state index contributed by atoms with van der Waals surface area (Å²) in [6, 6.07) is 6.15. The molecule has 0 spiro atoms. The predicted octanol–water partition coefficient (Wildman–Crippen LogP) is 2.86. The summed E-state index contributed by atoms with van der Waals surface area (Å²) in [6.45, 7) is 11.0. The van der Waals surface area contributed by atoms with Gasteiger partial charge in [-0.2, -0.15) is 0 Å². The van der Waals surface area contributed by atoms with E-state index in [2.05, 4.69) is 23.2 Å². The van der Waals surface area contributed by atoms with Crippen molar-refractivity contribution >= 4 is 11.7 Å². The van der Waals surface area contributed by atoms with Crippen LogP contribution in [0.5, 0.6) is 0 Å². The van der Waals surface area contributed by atoms with Crippen LogP contribution in [0.2, 0.25) is 0 Å². The molecule has 2 amide bonds. The summed E-state index contributed by atoms with van der Waals surface area (Å²) in [5.74, 6) is 0. The first kappa shape index (κ1) is 14.9. The fraction of sp³-hybridized carbons (Fsp3) is 0.562. The van der Waals surface area contributed by atoms with Crippen molar-refractivity contribution in [2.75, 3.05) is 38.0 Å². The zero-order valence-electron chi connectivity index (χ0n) is 12.8. The lowest BCUT2D eigenvalue weighted by atomic mass is 10.1. The average Bonchev–Trinajstić information content (AvgIpc) is 2.38. The van der Waals surface area contributed by atoms with Gasteiger partial charge in [-0.15, -0.1) is 0 Å². The van der Waals surface area contributed by atoms with Crippen LogP contribution in [0.25, 0.3) is 0 Å². The fourth-order valence-corrected chi connectivity index (χ4v) is 2.74. The summed E-state index contributed by atoms with van der Waals surface area (Å²) in [5.41, 5.74) is 3.24. The molecule has 1 saturated heterocycles. The van der Waals surface area contributed by atoms with E-state index in [1.54, 1.807) is 0 Å². The van der Waals surface area contributed by atoms with Gasteiger partial charge in [0.25, 0.3) is 0 Å². The number of urea groups is 1. The molecule has 1 aliphatic heterocycles. The zero-order chi connectivity index (χ0) is 14.5. The highest BCUT2D eigenvalue weighted by atomic mass is 16.2. The van der Waals surface area contributed by atoms with Crippen molar-refractivity contribution in [3.05, 3.63) is 29.3 Å². The number of carbonyl (C=O) groups excluding carboxylic acids is 1. The molecule has 0 unspecified atom stereocenters. The van der Waals surface area contributed by atoms with E-state index in [-0.39, 0.29) is 6.03 Å². The Labute approximate surface area is 121 Å². The third-order valence-electron chi connectivity index (χ3n) is 3.67. The van der Waals surface area contributed by atoms with Crippen molar-refractivity contribution in [3.8, 4) is 0 Å². The lowest BCUT2D eigenvalue weighted by Crippen LogP contribution is -2.50. The largest absolute Gasteiger partial charge is 0.322 e. The Morgan fingerprint density at radius 2 is 1.70 bits per heavy atom. The van der Waals surface area contributed by atoms with Crippen LogP contribution in [-0.2, 0) is 0 Å². The number of nitrogens with zero attached hydrogens (tertiary/aromatic N) is 2. The minimum atomic E-state index is 0.0196. The molecule has 0 atom stereocenters. The third-order valence-corrected chi connectivity index (χ3v) is 3.67. The zero-order valence-corrected chi connectivity index (χ0v) is 12.8. The van der Waals surface area contributed by atoms with Crippen molar-refractivity contribution in [1.82, 2.24) is 9.80 Å². The molecule has 1 fully saturated rings. The van der Waals surface area contributed by atoms with Crippen molar-refractivity contribution in [2.45, 2.75) is 27.2 Å². The van der Waals surface area contributed by atoms with E-state index < -0.39 is 0 Å². The maximum atomic E-state index is 12.3. The summed E-state index contributed by atoms with van der Waals surface area (Å²) in [7, 11) is 0. The third kappa shape index (κ3) is 3.97. The normalized spacial score (nSPS) is 16.2. The van der Waals surface area contributed by atoms with Crippen molar-refractivity contribution in [1.29, 1.82) is 0 Å². The molecule has 1 heterocycles. The van der Waals surface area contributed by atoms with Crippen molar-refractivity contribution < 1.29 is 4.79 Å². The van der Waals surface area contributed by atoms with Crippen LogP contribution in [0.1, 0.15) is 24.5 Å². The molecule has 0 saturated carbocycles. The monoisotopic (exact) mass is 275 g/mol. The Hall–Kier alpha value is -1.55. The molecule has 110 valence electrons. The van der Waals surface area contributed by atoms with Gasteiger partial charge in [0.15, 0.2) is 0 Å². The molecule has 1 aromatic rings. The Morgan fingerprint density at radius 1 is 1.10 bits per heavy atom. The molecule has 2 rings (SSSR count). The number of anilines is 1. The maximum absolute atomic E-state index is 12.3. The second-order valence-electron chi connectivity index (χ2n) is 5.64. The van der Waals surface area contributed by atoms with Crippen LogP contribution >= 0.6 is 0 Å². The summed E-state index contributed by atoms with van der Waals surface area (Å²) < 4.78 is 0. The summed E-state index contributed by atoms with van der Waals surface area (Å²) in [6.07, 6.45) is 1.18. The Bertz CT molecular complexity index is 445. The fourth-order valence-electron chi connectivity index (χ4n) is 2.74. The van der Waals surface area contributed by atoms with Crippen LogP contribution in [-0.4, -0.2) is 48.6 Å². The first-order chi connectivity index (χ1) is 9.58. The van der Waals surface area contributed by atoms with Gasteiger partial charge in [-0.3, -0.25) is 4.90 Å². The van der Waals surface area contributed by atoms with Gasteiger partial charge < -0.3 is 10.2 Å². The first-order valence-electron chi connectivity index (χ1n) is 7.45. The van der Waals surface area contributed by atoms with Crippen LogP contribution in [0, 0.1) is 13.8 Å². The van der Waals surface area contributed by atoms with E-state index in [1.165, 1.54) is 17.5 Å². The van der Waals surface area contributed by atoms with E-state index in [1.807, 2.05) is 30.9 Å². The standard InChI is InChI=1S/C16H25N3O/c1-4-5-18-6-8-19(9-7-18)16(20)17-15-11-13(2)10-14(3)12-15/h10-12H,4-9H2,1-3H3,(H,17,20). The smallest absolute Gasteiger partial charge is 0.321 e. The predicted molar refractivity (Wildman–Crippen MR) is 83.2 cm³/mol. The minimum Gasteiger partial charge on any atom is -0.322 e. The number of benzene rings is 1. The van der Waals surface area contributed by atoms with Gasteiger partial charge >= 0.3 is 6.03 Å². The quantitative estimate of drug-likeness (QED) is 0.920. The van der Waals surface area contributed by atoms with E-state index in [0.29, 0.717) is 0 Å². The number of amides is 2. The Morgan fingerprint density at radius 3 is 2.25 bits per heavy atom. The number of nitrogens with one attached hydrogen (secondary N) is 1. The van der Waals surface area contributed by atoms with Gasteiger partial charge in [0.05, 0.1) is 0 Å². The SMILES string of the molecule is CCCN1CCN(C(=O)Nc2cc(C)cc(C)c2)CC1. The maximum Gasteiger partial charge on any atom is 0.321 e. The molecule has 1 aliphatic rings. The van der Waals surface area contributed by atoms with Gasteiger partial charge in [-0.25, -0.2) is 4.79 Å². The number of aryl methyl sites for hydroxylation is 2. The second-order valence-corrected chi connectivity index (χ2v) is 5.64. The summed E-state index contributed by atoms with van der Waals surface area (Å²) in [5, 5.41) is 3.01. The molecule has 20 heavy (non-hydrogen) atoms. The van der Waals surface area contributed by atoms with Gasteiger partial charge in [-0.05, 0) is 50.1 Å². The topological polar surface area (TPSA) is 35.6 Å². The Balaban J connectivity index is 1.89. The van der Waals surface area contributed by atoms with E-state index >= 15 is 0 Å².